The summed E-state index contributed by atoms with van der Waals surface area (Å²) >= 11 is 0. The van der Waals surface area contributed by atoms with Gasteiger partial charge in [0.15, 0.2) is 0 Å². The second-order valence-corrected chi connectivity index (χ2v) is 3.49. The maximum atomic E-state index is 11.2. The lowest BCUT2D eigenvalue weighted by molar-refractivity contribution is 0.0696. The van der Waals surface area contributed by atoms with E-state index in [1.165, 1.54) is 0 Å². The lowest BCUT2D eigenvalue weighted by Crippen LogP contribution is -2.04. The third-order valence-electron chi connectivity index (χ3n) is 2.44. The zero-order valence-corrected chi connectivity index (χ0v) is 11.3. The average molecular weight is 286 g/mol. The van der Waals surface area contributed by atoms with Crippen molar-refractivity contribution in [1.82, 2.24) is 4.98 Å². The normalized spacial score (nSPS) is 8.94. The van der Waals surface area contributed by atoms with Crippen molar-refractivity contribution in [3.8, 4) is 11.1 Å². The van der Waals surface area contributed by atoms with E-state index in [2.05, 4.69) is 4.98 Å². The molecule has 1 aromatic heterocycles. The number of rotatable bonds is 2. The fourth-order valence-electron chi connectivity index (χ4n) is 1.69. The van der Waals surface area contributed by atoms with Crippen LogP contribution in [-0.4, -0.2) is 16.1 Å². The summed E-state index contributed by atoms with van der Waals surface area (Å²) in [4.78, 5) is 15.2. The van der Waals surface area contributed by atoms with E-state index in [0.717, 1.165) is 5.56 Å². The molecule has 1 N–H and O–H groups in total. The number of hydrogen-bond donors (Lipinski definition) is 1. The molecular weight excluding hydrogens is 273 g/mol. The molecule has 96 valence electrons. The lowest BCUT2D eigenvalue weighted by Gasteiger charge is -2.07. The molecule has 0 atom stereocenters. The van der Waals surface area contributed by atoms with Gasteiger partial charge in [0.25, 0.3) is 0 Å². The first kappa shape index (κ1) is 16.4. The summed E-state index contributed by atoms with van der Waals surface area (Å²) in [7, 11) is 0. The van der Waals surface area contributed by atoms with E-state index < -0.39 is 5.97 Å². The van der Waals surface area contributed by atoms with Crippen molar-refractivity contribution < 1.29 is 9.90 Å². The van der Waals surface area contributed by atoms with Gasteiger partial charge in [0.1, 0.15) is 0 Å². The molecule has 0 aliphatic rings. The van der Waals surface area contributed by atoms with Crippen LogP contribution in [0.25, 0.3) is 11.1 Å². The monoisotopic (exact) mass is 285 g/mol. The van der Waals surface area contributed by atoms with Crippen LogP contribution in [0.3, 0.4) is 0 Å². The Balaban J connectivity index is 0.00000144. The standard InChI is InChI=1S/C13H11NO2.2ClH/c1-9-12(13(15)16)11(7-8-14-9)10-5-3-2-4-6-10;;/h2-8H,1H3,(H,15,16);2*1H. The molecule has 0 aliphatic heterocycles. The smallest absolute Gasteiger partial charge is 0.338 e. The highest BCUT2D eigenvalue weighted by molar-refractivity contribution is 5.96. The minimum atomic E-state index is -0.940. The van der Waals surface area contributed by atoms with Gasteiger partial charge in [-0.05, 0) is 24.1 Å². The predicted octanol–water partition coefficient (Wildman–Crippen LogP) is 3.60. The molecule has 0 radical (unpaired) electrons. The molecular formula is C13H13Cl2NO2. The van der Waals surface area contributed by atoms with Crippen molar-refractivity contribution in [1.29, 1.82) is 0 Å². The molecule has 0 spiro atoms. The predicted molar refractivity (Wildman–Crippen MR) is 75.9 cm³/mol. The molecule has 0 bridgehead atoms. The van der Waals surface area contributed by atoms with Crippen molar-refractivity contribution in [3.63, 3.8) is 0 Å². The number of nitrogens with zero attached hydrogens (tertiary/aromatic N) is 1. The summed E-state index contributed by atoms with van der Waals surface area (Å²) in [6.07, 6.45) is 1.63. The number of aromatic nitrogens is 1. The van der Waals surface area contributed by atoms with E-state index in [4.69, 9.17) is 5.11 Å². The quantitative estimate of drug-likeness (QED) is 0.917. The second kappa shape index (κ2) is 6.99. The van der Waals surface area contributed by atoms with Gasteiger partial charge in [0.2, 0.25) is 0 Å². The largest absolute Gasteiger partial charge is 0.478 e. The minimum Gasteiger partial charge on any atom is -0.478 e. The van der Waals surface area contributed by atoms with E-state index in [1.54, 1.807) is 19.2 Å². The summed E-state index contributed by atoms with van der Waals surface area (Å²) in [6, 6.07) is 11.2. The Morgan fingerprint density at radius 1 is 1.11 bits per heavy atom. The van der Waals surface area contributed by atoms with Crippen molar-refractivity contribution >= 4 is 30.8 Å². The molecule has 1 heterocycles. The summed E-state index contributed by atoms with van der Waals surface area (Å²) in [5, 5.41) is 9.17. The van der Waals surface area contributed by atoms with Gasteiger partial charge in [0.05, 0.1) is 11.3 Å². The molecule has 0 saturated carbocycles. The number of carboxylic acid groups (broad SMARTS) is 1. The molecule has 0 saturated heterocycles. The first-order valence-electron chi connectivity index (χ1n) is 4.94. The minimum absolute atomic E-state index is 0. The van der Waals surface area contributed by atoms with Crippen molar-refractivity contribution in [2.24, 2.45) is 0 Å². The van der Waals surface area contributed by atoms with Gasteiger partial charge in [-0.25, -0.2) is 4.79 Å². The molecule has 18 heavy (non-hydrogen) atoms. The fraction of sp³-hybridized carbons (Fsp3) is 0.0769. The van der Waals surface area contributed by atoms with Gasteiger partial charge in [-0.2, -0.15) is 0 Å². The molecule has 0 unspecified atom stereocenters. The van der Waals surface area contributed by atoms with Crippen LogP contribution in [0.5, 0.6) is 0 Å². The fourth-order valence-corrected chi connectivity index (χ4v) is 1.69. The van der Waals surface area contributed by atoms with Crippen LogP contribution in [0.15, 0.2) is 42.6 Å². The first-order valence-corrected chi connectivity index (χ1v) is 4.94. The van der Waals surface area contributed by atoms with Gasteiger partial charge >= 0.3 is 5.97 Å². The molecule has 1 aromatic carbocycles. The molecule has 0 aliphatic carbocycles. The highest BCUT2D eigenvalue weighted by atomic mass is 35.5. The Labute approximate surface area is 118 Å². The molecule has 0 amide bonds. The summed E-state index contributed by atoms with van der Waals surface area (Å²) in [5.74, 6) is -0.940. The zero-order valence-electron chi connectivity index (χ0n) is 9.66. The van der Waals surface area contributed by atoms with E-state index in [-0.39, 0.29) is 30.4 Å². The summed E-state index contributed by atoms with van der Waals surface area (Å²) in [6.45, 7) is 1.70. The molecule has 0 fully saturated rings. The molecule has 5 heteroatoms. The first-order chi connectivity index (χ1) is 7.70. The van der Waals surface area contributed by atoms with Crippen LogP contribution in [0, 0.1) is 6.92 Å². The number of carboxylic acids is 1. The van der Waals surface area contributed by atoms with E-state index in [1.807, 2.05) is 30.3 Å². The topological polar surface area (TPSA) is 50.2 Å². The van der Waals surface area contributed by atoms with E-state index in [0.29, 0.717) is 11.3 Å². The third-order valence-corrected chi connectivity index (χ3v) is 2.44. The number of hydrogen-bond acceptors (Lipinski definition) is 2. The van der Waals surface area contributed by atoms with Crippen LogP contribution < -0.4 is 0 Å². The maximum Gasteiger partial charge on any atom is 0.338 e. The van der Waals surface area contributed by atoms with Crippen LogP contribution in [-0.2, 0) is 0 Å². The number of pyridine rings is 1. The van der Waals surface area contributed by atoms with Gasteiger partial charge in [-0.15, -0.1) is 24.8 Å². The molecule has 3 nitrogen and oxygen atoms in total. The average Bonchev–Trinajstić information content (AvgIpc) is 2.29. The third kappa shape index (κ3) is 3.22. The Morgan fingerprint density at radius 3 is 2.28 bits per heavy atom. The number of benzene rings is 1. The number of aryl methyl sites for hydroxylation is 1. The highest BCUT2D eigenvalue weighted by Gasteiger charge is 2.14. The van der Waals surface area contributed by atoms with Crippen LogP contribution in [0.4, 0.5) is 0 Å². The lowest BCUT2D eigenvalue weighted by atomic mass is 10.00. The van der Waals surface area contributed by atoms with Crippen molar-refractivity contribution in [3.05, 3.63) is 53.9 Å². The van der Waals surface area contributed by atoms with E-state index in [9.17, 15) is 4.79 Å². The number of aromatic carboxylic acids is 1. The van der Waals surface area contributed by atoms with Gasteiger partial charge in [0, 0.05) is 6.20 Å². The number of carbonyl (C=O) groups is 1. The van der Waals surface area contributed by atoms with Gasteiger partial charge < -0.3 is 5.11 Å². The summed E-state index contributed by atoms with van der Waals surface area (Å²) in [5.41, 5.74) is 2.41. The molecule has 2 aromatic rings. The SMILES string of the molecule is Cc1nccc(-c2ccccc2)c1C(=O)O.Cl.Cl. The van der Waals surface area contributed by atoms with Gasteiger partial charge in [-0.3, -0.25) is 4.98 Å². The van der Waals surface area contributed by atoms with Crippen LogP contribution in [0.1, 0.15) is 16.1 Å². The Bertz CT molecular complexity index is 530. The maximum absolute atomic E-state index is 11.2. The van der Waals surface area contributed by atoms with Crippen LogP contribution >= 0.6 is 24.8 Å². The van der Waals surface area contributed by atoms with Gasteiger partial charge in [-0.1, -0.05) is 30.3 Å². The highest BCUT2D eigenvalue weighted by Crippen LogP contribution is 2.24. The van der Waals surface area contributed by atoms with Crippen LogP contribution in [0.2, 0.25) is 0 Å². The number of halogens is 2. The molecule has 2 rings (SSSR count). The summed E-state index contributed by atoms with van der Waals surface area (Å²) < 4.78 is 0. The zero-order chi connectivity index (χ0) is 11.5. The Morgan fingerprint density at radius 2 is 1.72 bits per heavy atom. The Hall–Kier alpha value is -1.58. The Kier molecular flexibility index (Phi) is 6.37. The van der Waals surface area contributed by atoms with Crippen molar-refractivity contribution in [2.45, 2.75) is 6.92 Å². The van der Waals surface area contributed by atoms with Crippen molar-refractivity contribution in [2.75, 3.05) is 0 Å². The van der Waals surface area contributed by atoms with E-state index >= 15 is 0 Å². The second-order valence-electron chi connectivity index (χ2n) is 3.49.